The summed E-state index contributed by atoms with van der Waals surface area (Å²) < 4.78 is 3.98. The minimum atomic E-state index is 0.0914. The molecule has 0 aliphatic rings. The maximum absolute atomic E-state index is 5.98. The van der Waals surface area contributed by atoms with Crippen LogP contribution in [-0.4, -0.2) is 25.2 Å². The summed E-state index contributed by atoms with van der Waals surface area (Å²) in [5.41, 5.74) is 8.17. The van der Waals surface area contributed by atoms with Crippen LogP contribution in [0.15, 0.2) is 23.8 Å². The van der Waals surface area contributed by atoms with Crippen molar-refractivity contribution < 1.29 is 0 Å². The molecule has 106 valence electrons. The summed E-state index contributed by atoms with van der Waals surface area (Å²) in [6, 6.07) is 2.14. The Kier molecular flexibility index (Phi) is 3.35. The van der Waals surface area contributed by atoms with E-state index in [9.17, 15) is 0 Å². The fourth-order valence-electron chi connectivity index (χ4n) is 2.26. The van der Waals surface area contributed by atoms with E-state index in [0.29, 0.717) is 5.92 Å². The zero-order valence-electron chi connectivity index (χ0n) is 11.9. The Labute approximate surface area is 122 Å². The van der Waals surface area contributed by atoms with Gasteiger partial charge in [0.25, 0.3) is 0 Å². The van der Waals surface area contributed by atoms with Gasteiger partial charge in [-0.15, -0.1) is 11.3 Å². The van der Waals surface area contributed by atoms with Gasteiger partial charge in [-0.25, -0.2) is 4.68 Å². The summed E-state index contributed by atoms with van der Waals surface area (Å²) in [5.74, 6) is 1.30. The second-order valence-corrected chi connectivity index (χ2v) is 6.33. The lowest BCUT2D eigenvalue weighted by molar-refractivity contribution is 0.699. The number of aromatic nitrogens is 4. The molecule has 1 unspecified atom stereocenters. The number of rotatable bonds is 4. The molecule has 0 aliphatic heterocycles. The molecular weight excluding hydrogens is 270 g/mol. The number of fused-ring (bicyclic) bond motifs is 1. The SMILES string of the molecule is CC(N)Cc1c(-n2ccc(C(C)C)n2)nc2sccn12. The van der Waals surface area contributed by atoms with Crippen molar-refractivity contribution in [2.24, 2.45) is 5.73 Å². The van der Waals surface area contributed by atoms with Crippen LogP contribution in [0.5, 0.6) is 0 Å². The molecule has 20 heavy (non-hydrogen) atoms. The summed E-state index contributed by atoms with van der Waals surface area (Å²) >= 11 is 1.63. The highest BCUT2D eigenvalue weighted by molar-refractivity contribution is 7.15. The van der Waals surface area contributed by atoms with Crippen LogP contribution in [0.3, 0.4) is 0 Å². The average Bonchev–Trinajstić information content (AvgIpc) is 3.04. The second-order valence-electron chi connectivity index (χ2n) is 5.46. The highest BCUT2D eigenvalue weighted by Gasteiger charge is 2.17. The first kappa shape index (κ1) is 13.3. The van der Waals surface area contributed by atoms with Gasteiger partial charge in [-0.05, 0) is 18.9 Å². The van der Waals surface area contributed by atoms with Crippen LogP contribution in [0.2, 0.25) is 0 Å². The Morgan fingerprint density at radius 1 is 1.30 bits per heavy atom. The molecule has 0 amide bonds. The van der Waals surface area contributed by atoms with Crippen molar-refractivity contribution in [1.29, 1.82) is 0 Å². The molecule has 0 aromatic carbocycles. The van der Waals surface area contributed by atoms with E-state index in [2.05, 4.69) is 23.3 Å². The van der Waals surface area contributed by atoms with Crippen LogP contribution in [0.1, 0.15) is 38.1 Å². The molecule has 0 saturated heterocycles. The van der Waals surface area contributed by atoms with E-state index in [1.165, 1.54) is 0 Å². The van der Waals surface area contributed by atoms with E-state index in [-0.39, 0.29) is 6.04 Å². The molecule has 0 bridgehead atoms. The first-order valence-corrected chi connectivity index (χ1v) is 7.70. The van der Waals surface area contributed by atoms with Crippen molar-refractivity contribution in [2.45, 2.75) is 39.2 Å². The van der Waals surface area contributed by atoms with Crippen molar-refractivity contribution in [1.82, 2.24) is 19.2 Å². The molecular formula is C14H19N5S. The monoisotopic (exact) mass is 289 g/mol. The van der Waals surface area contributed by atoms with E-state index < -0.39 is 0 Å². The van der Waals surface area contributed by atoms with Gasteiger partial charge in [0.15, 0.2) is 10.8 Å². The molecule has 0 fully saturated rings. The lowest BCUT2D eigenvalue weighted by Crippen LogP contribution is -2.20. The second kappa shape index (κ2) is 5.03. The molecule has 6 heteroatoms. The smallest absolute Gasteiger partial charge is 0.195 e. The maximum Gasteiger partial charge on any atom is 0.195 e. The van der Waals surface area contributed by atoms with E-state index in [0.717, 1.165) is 28.6 Å². The first-order valence-electron chi connectivity index (χ1n) is 6.82. The molecule has 1 atom stereocenters. The van der Waals surface area contributed by atoms with Gasteiger partial charge in [0.1, 0.15) is 0 Å². The zero-order chi connectivity index (χ0) is 14.3. The number of hydrogen-bond acceptors (Lipinski definition) is 4. The van der Waals surface area contributed by atoms with Crippen LogP contribution >= 0.6 is 11.3 Å². The summed E-state index contributed by atoms with van der Waals surface area (Å²) in [7, 11) is 0. The Bertz CT molecular complexity index is 719. The highest BCUT2D eigenvalue weighted by Crippen LogP contribution is 2.22. The lowest BCUT2D eigenvalue weighted by atomic mass is 10.1. The van der Waals surface area contributed by atoms with Crippen molar-refractivity contribution in [3.8, 4) is 5.82 Å². The van der Waals surface area contributed by atoms with Gasteiger partial charge in [-0.3, -0.25) is 4.40 Å². The Hall–Kier alpha value is -1.66. The topological polar surface area (TPSA) is 61.1 Å². The van der Waals surface area contributed by atoms with Gasteiger partial charge in [-0.1, -0.05) is 13.8 Å². The molecule has 3 rings (SSSR count). The van der Waals surface area contributed by atoms with Crippen LogP contribution in [0.25, 0.3) is 10.8 Å². The third kappa shape index (κ3) is 2.25. The quantitative estimate of drug-likeness (QED) is 0.803. The average molecular weight is 289 g/mol. The molecule has 2 N–H and O–H groups in total. The summed E-state index contributed by atoms with van der Waals surface area (Å²) in [5, 5.41) is 6.67. The third-order valence-electron chi connectivity index (χ3n) is 3.27. The fourth-order valence-corrected chi connectivity index (χ4v) is 2.99. The first-order chi connectivity index (χ1) is 9.56. The standard InChI is InChI=1S/C14H19N5S/c1-9(2)11-4-5-19(17-11)13-12(8-10(3)15)18-6-7-20-14(18)16-13/h4-7,9-10H,8,15H2,1-3H3. The largest absolute Gasteiger partial charge is 0.328 e. The Morgan fingerprint density at radius 3 is 2.75 bits per heavy atom. The van der Waals surface area contributed by atoms with Gasteiger partial charge in [0, 0.05) is 30.2 Å². The number of nitrogens with zero attached hydrogens (tertiary/aromatic N) is 4. The predicted molar refractivity (Wildman–Crippen MR) is 81.6 cm³/mol. The lowest BCUT2D eigenvalue weighted by Gasteiger charge is -2.07. The van der Waals surface area contributed by atoms with Gasteiger partial charge >= 0.3 is 0 Å². The molecule has 0 radical (unpaired) electrons. The molecule has 3 aromatic rings. The summed E-state index contributed by atoms with van der Waals surface area (Å²) in [6.45, 7) is 6.29. The van der Waals surface area contributed by atoms with Gasteiger partial charge < -0.3 is 5.73 Å². The number of thiazole rings is 1. The minimum absolute atomic E-state index is 0.0914. The van der Waals surface area contributed by atoms with E-state index in [1.807, 2.05) is 35.4 Å². The van der Waals surface area contributed by atoms with Crippen molar-refractivity contribution in [3.63, 3.8) is 0 Å². The molecule has 3 heterocycles. The highest BCUT2D eigenvalue weighted by atomic mass is 32.1. The Balaban J connectivity index is 2.11. The Morgan fingerprint density at radius 2 is 2.10 bits per heavy atom. The minimum Gasteiger partial charge on any atom is -0.328 e. The predicted octanol–water partition coefficient (Wildman–Crippen LogP) is 2.59. The zero-order valence-corrected chi connectivity index (χ0v) is 12.8. The van der Waals surface area contributed by atoms with Gasteiger partial charge in [0.2, 0.25) is 0 Å². The number of imidazole rings is 1. The van der Waals surface area contributed by atoms with Crippen molar-refractivity contribution >= 4 is 16.3 Å². The molecule has 0 aliphatic carbocycles. The van der Waals surface area contributed by atoms with E-state index in [4.69, 9.17) is 10.7 Å². The van der Waals surface area contributed by atoms with E-state index >= 15 is 0 Å². The molecule has 0 spiro atoms. The maximum atomic E-state index is 5.98. The number of hydrogen-bond donors (Lipinski definition) is 1. The number of nitrogens with two attached hydrogens (primary N) is 1. The van der Waals surface area contributed by atoms with Crippen LogP contribution in [-0.2, 0) is 6.42 Å². The van der Waals surface area contributed by atoms with E-state index in [1.54, 1.807) is 11.3 Å². The molecule has 3 aromatic heterocycles. The van der Waals surface area contributed by atoms with Crippen LogP contribution < -0.4 is 5.73 Å². The summed E-state index contributed by atoms with van der Waals surface area (Å²) in [6.07, 6.45) is 4.80. The van der Waals surface area contributed by atoms with Gasteiger partial charge in [0.05, 0.1) is 11.4 Å². The summed E-state index contributed by atoms with van der Waals surface area (Å²) in [4.78, 5) is 5.68. The third-order valence-corrected chi connectivity index (χ3v) is 4.03. The van der Waals surface area contributed by atoms with Crippen molar-refractivity contribution in [2.75, 3.05) is 0 Å². The van der Waals surface area contributed by atoms with Crippen LogP contribution in [0, 0.1) is 0 Å². The van der Waals surface area contributed by atoms with Gasteiger partial charge in [-0.2, -0.15) is 10.1 Å². The molecule has 0 saturated carbocycles. The molecule has 5 nitrogen and oxygen atoms in total. The fraction of sp³-hybridized carbons (Fsp3) is 0.429. The normalized spacial score (nSPS) is 13.4. The van der Waals surface area contributed by atoms with Crippen molar-refractivity contribution in [3.05, 3.63) is 35.2 Å². The van der Waals surface area contributed by atoms with Crippen LogP contribution in [0.4, 0.5) is 0 Å².